The summed E-state index contributed by atoms with van der Waals surface area (Å²) in [7, 11) is 1.34. The maximum absolute atomic E-state index is 13.6. The Bertz CT molecular complexity index is 1550. The molecule has 1 unspecified atom stereocenters. The van der Waals surface area contributed by atoms with E-state index in [-0.39, 0.29) is 5.91 Å². The van der Waals surface area contributed by atoms with E-state index in [2.05, 4.69) is 33.3 Å². The highest BCUT2D eigenvalue weighted by Gasteiger charge is 2.24. The zero-order valence-corrected chi connectivity index (χ0v) is 25.0. The molecule has 1 amide bonds. The van der Waals surface area contributed by atoms with Gasteiger partial charge in [0, 0.05) is 24.3 Å². The fourth-order valence-corrected chi connectivity index (χ4v) is 5.32. The van der Waals surface area contributed by atoms with Crippen molar-refractivity contribution in [1.29, 1.82) is 0 Å². The number of nitrogens with zero attached hydrogens (tertiary/aromatic N) is 2. The van der Waals surface area contributed by atoms with Crippen LogP contribution in [0.5, 0.6) is 0 Å². The highest BCUT2D eigenvalue weighted by molar-refractivity contribution is 7.98. The second-order valence-corrected chi connectivity index (χ2v) is 11.0. The Labute approximate surface area is 252 Å². The van der Waals surface area contributed by atoms with Gasteiger partial charge in [0.1, 0.15) is 6.04 Å². The van der Waals surface area contributed by atoms with Crippen LogP contribution in [0.15, 0.2) is 97.1 Å². The number of carbonyl (C=O) groups is 2. The monoisotopic (exact) mass is 577 g/mol. The lowest BCUT2D eigenvalue weighted by Gasteiger charge is -2.26. The largest absolute Gasteiger partial charge is 0.467 e. The van der Waals surface area contributed by atoms with Crippen LogP contribution >= 0.6 is 11.8 Å². The van der Waals surface area contributed by atoms with Gasteiger partial charge in [0.25, 0.3) is 5.91 Å². The van der Waals surface area contributed by atoms with Crippen LogP contribution in [0.1, 0.15) is 33.5 Å². The lowest BCUT2D eigenvalue weighted by atomic mass is 9.93. The zero-order chi connectivity index (χ0) is 29.9. The van der Waals surface area contributed by atoms with Crippen molar-refractivity contribution in [2.24, 2.45) is 0 Å². The van der Waals surface area contributed by atoms with Crippen molar-refractivity contribution in [3.05, 3.63) is 131 Å². The summed E-state index contributed by atoms with van der Waals surface area (Å²) in [5, 5.41) is 2.92. The molecule has 0 spiro atoms. The molecule has 0 aliphatic rings. The highest BCUT2D eigenvalue weighted by Crippen LogP contribution is 2.30. The molecule has 0 aromatic heterocycles. The molecule has 0 aliphatic heterocycles. The van der Waals surface area contributed by atoms with Gasteiger partial charge in [0.2, 0.25) is 0 Å². The van der Waals surface area contributed by atoms with E-state index in [1.165, 1.54) is 12.7 Å². The summed E-state index contributed by atoms with van der Waals surface area (Å²) >= 11 is 1.61. The van der Waals surface area contributed by atoms with Gasteiger partial charge in [0.05, 0.1) is 13.7 Å². The third-order valence-electron chi connectivity index (χ3n) is 7.10. The van der Waals surface area contributed by atoms with Gasteiger partial charge in [-0.25, -0.2) is 9.64 Å². The van der Waals surface area contributed by atoms with Gasteiger partial charge in [-0.15, -0.1) is 0 Å². The first-order valence-electron chi connectivity index (χ1n) is 13.8. The van der Waals surface area contributed by atoms with E-state index in [4.69, 9.17) is 11.3 Å². The smallest absolute Gasteiger partial charge is 0.328 e. The first kappa shape index (κ1) is 30.4. The van der Waals surface area contributed by atoms with Crippen molar-refractivity contribution in [1.82, 2.24) is 5.32 Å². The Morgan fingerprint density at radius 3 is 2.26 bits per heavy atom. The fourth-order valence-electron chi connectivity index (χ4n) is 4.85. The number of hydrogen-bond acceptors (Lipinski definition) is 5. The molecule has 1 atom stereocenters. The molecule has 0 heterocycles. The minimum atomic E-state index is -0.723. The second kappa shape index (κ2) is 14.9. The third kappa shape index (κ3) is 7.80. The van der Waals surface area contributed by atoms with Gasteiger partial charge in [-0.2, -0.15) is 11.8 Å². The van der Waals surface area contributed by atoms with Crippen LogP contribution in [0.2, 0.25) is 0 Å². The van der Waals surface area contributed by atoms with Gasteiger partial charge in [0.15, 0.2) is 5.69 Å². The Morgan fingerprint density at radius 1 is 0.905 bits per heavy atom. The molecule has 1 N–H and O–H groups in total. The molecular formula is C35H35N3O3S. The molecule has 0 bridgehead atoms. The lowest BCUT2D eigenvalue weighted by molar-refractivity contribution is -0.142. The van der Waals surface area contributed by atoms with Crippen molar-refractivity contribution in [2.45, 2.75) is 32.5 Å². The van der Waals surface area contributed by atoms with Crippen molar-refractivity contribution in [2.75, 3.05) is 24.0 Å². The summed E-state index contributed by atoms with van der Waals surface area (Å²) < 4.78 is 4.96. The second-order valence-electron chi connectivity index (χ2n) is 10.00. The van der Waals surface area contributed by atoms with Crippen LogP contribution in [0, 0.1) is 13.5 Å². The molecule has 6 nitrogen and oxygen atoms in total. The first-order valence-corrected chi connectivity index (χ1v) is 15.2. The first-order chi connectivity index (χ1) is 20.4. The number of anilines is 1. The Balaban J connectivity index is 1.72. The van der Waals surface area contributed by atoms with Gasteiger partial charge >= 0.3 is 5.97 Å². The van der Waals surface area contributed by atoms with E-state index < -0.39 is 12.0 Å². The zero-order valence-electron chi connectivity index (χ0n) is 24.2. The molecule has 4 rings (SSSR count). The van der Waals surface area contributed by atoms with Crippen molar-refractivity contribution < 1.29 is 14.3 Å². The standard InChI is InChI=1S/C35H35N3O3S/c1-25-10-8-9-13-30(25)32-22-27(14-19-31(32)34(39)37-33(20-21-42-4)35(40)41-3)24-38(23-26-11-6-5-7-12-26)29-17-15-28(36-2)16-18-29/h5-19,22,33H,20-21,23-24H2,1,3-4H3,(H,37,39). The van der Waals surface area contributed by atoms with Crippen LogP contribution in [0.3, 0.4) is 0 Å². The van der Waals surface area contributed by atoms with Crippen molar-refractivity contribution in [3.63, 3.8) is 0 Å². The number of benzene rings is 4. The molecule has 42 heavy (non-hydrogen) atoms. The number of ether oxygens (including phenoxy) is 1. The van der Waals surface area contributed by atoms with Crippen LogP contribution < -0.4 is 10.2 Å². The van der Waals surface area contributed by atoms with Crippen LogP contribution in [0.25, 0.3) is 16.0 Å². The summed E-state index contributed by atoms with van der Waals surface area (Å²) in [6, 6.07) is 31.0. The predicted octanol–water partition coefficient (Wildman–Crippen LogP) is 7.44. The van der Waals surface area contributed by atoms with Crippen molar-refractivity contribution >= 4 is 35.0 Å². The normalized spacial score (nSPS) is 11.3. The van der Waals surface area contributed by atoms with E-state index in [0.29, 0.717) is 30.8 Å². The number of nitrogens with one attached hydrogen (secondary N) is 1. The minimum Gasteiger partial charge on any atom is -0.467 e. The van der Waals surface area contributed by atoms with E-state index in [9.17, 15) is 9.59 Å². The summed E-state index contributed by atoms with van der Waals surface area (Å²) in [6.07, 6.45) is 2.45. The number of aryl methyl sites for hydroxylation is 1. The molecule has 0 aliphatic carbocycles. The average molecular weight is 578 g/mol. The van der Waals surface area contributed by atoms with Crippen LogP contribution in [-0.2, 0) is 22.6 Å². The maximum atomic E-state index is 13.6. The summed E-state index contributed by atoms with van der Waals surface area (Å²) in [4.78, 5) is 31.9. The van der Waals surface area contributed by atoms with Gasteiger partial charge in [-0.3, -0.25) is 4.79 Å². The summed E-state index contributed by atoms with van der Waals surface area (Å²) in [5.74, 6) is -0.0444. The molecular weight excluding hydrogens is 542 g/mol. The molecule has 7 heteroatoms. The van der Waals surface area contributed by atoms with Gasteiger partial charge in [-0.1, -0.05) is 72.8 Å². The molecule has 4 aromatic carbocycles. The van der Waals surface area contributed by atoms with Gasteiger partial charge in [-0.05, 0) is 77.4 Å². The van der Waals surface area contributed by atoms with Gasteiger partial charge < -0.3 is 15.0 Å². The van der Waals surface area contributed by atoms with E-state index in [1.807, 2.05) is 92.0 Å². The number of esters is 1. The summed E-state index contributed by atoms with van der Waals surface area (Å²) in [6.45, 7) is 10.6. The number of methoxy groups -OCH3 is 1. The number of rotatable bonds is 12. The SMILES string of the molecule is [C-]#[N+]c1ccc(N(Cc2ccccc2)Cc2ccc(C(=O)NC(CCSC)C(=O)OC)c(-c3ccccc3C)c2)cc1. The van der Waals surface area contributed by atoms with Crippen molar-refractivity contribution in [3.8, 4) is 11.1 Å². The van der Waals surface area contributed by atoms with E-state index >= 15 is 0 Å². The Morgan fingerprint density at radius 2 is 1.60 bits per heavy atom. The number of hydrogen-bond donors (Lipinski definition) is 1. The molecule has 0 saturated carbocycles. The number of amides is 1. The topological polar surface area (TPSA) is 63.0 Å². The molecule has 0 fully saturated rings. The highest BCUT2D eigenvalue weighted by atomic mass is 32.2. The molecule has 0 saturated heterocycles. The average Bonchev–Trinajstić information content (AvgIpc) is 3.03. The predicted molar refractivity (Wildman–Crippen MR) is 172 cm³/mol. The Hall–Kier alpha value is -4.54. The van der Waals surface area contributed by atoms with Crippen LogP contribution in [-0.4, -0.2) is 37.0 Å². The molecule has 0 radical (unpaired) electrons. The number of thioether (sulfide) groups is 1. The molecule has 4 aromatic rings. The minimum absolute atomic E-state index is 0.313. The summed E-state index contributed by atoms with van der Waals surface area (Å²) in [5.41, 5.74) is 7.11. The number of carbonyl (C=O) groups excluding carboxylic acids is 2. The maximum Gasteiger partial charge on any atom is 0.328 e. The third-order valence-corrected chi connectivity index (χ3v) is 7.74. The quantitative estimate of drug-likeness (QED) is 0.140. The Kier molecular flexibility index (Phi) is 10.8. The van der Waals surface area contributed by atoms with Crippen LogP contribution in [0.4, 0.5) is 11.4 Å². The lowest BCUT2D eigenvalue weighted by Crippen LogP contribution is -2.42. The molecule has 214 valence electrons. The fraction of sp³-hybridized carbons (Fsp3) is 0.229. The van der Waals surface area contributed by atoms with E-state index in [1.54, 1.807) is 11.8 Å². The van der Waals surface area contributed by atoms with E-state index in [0.717, 1.165) is 33.7 Å².